The summed E-state index contributed by atoms with van der Waals surface area (Å²) in [5.41, 5.74) is 1.94. The first-order valence-corrected chi connectivity index (χ1v) is 14.1. The van der Waals surface area contributed by atoms with Crippen LogP contribution in [-0.4, -0.2) is 25.0 Å². The number of unbranched alkanes of at least 4 members (excludes halogenated alkanes) is 1. The minimum atomic E-state index is -2.49. The third-order valence-corrected chi connectivity index (χ3v) is 11.7. The standard InChI is InChI=1S/C30H35NO2Si/c1-30(2,3)34(25-15-6-4-7-16-25,26-17-8-5-9-18-26)33-21-13-12-20-28-27-19-11-10-14-24(27)22-31-29(28)23-32/h4-11,14-19,22,32H,12-13,20-21,23H2,1-3H3. The fraction of sp³-hybridized carbons (Fsp3) is 0.300. The van der Waals surface area contributed by atoms with E-state index in [1.165, 1.54) is 15.8 Å². The van der Waals surface area contributed by atoms with E-state index in [0.29, 0.717) is 6.61 Å². The van der Waals surface area contributed by atoms with Gasteiger partial charge >= 0.3 is 0 Å². The molecule has 0 saturated carbocycles. The Bertz CT molecular complexity index is 1160. The minimum Gasteiger partial charge on any atom is -0.407 e. The van der Waals surface area contributed by atoms with Gasteiger partial charge in [0.15, 0.2) is 0 Å². The summed E-state index contributed by atoms with van der Waals surface area (Å²) in [5.74, 6) is 0. The zero-order chi connectivity index (χ0) is 24.0. The Morgan fingerprint density at radius 2 is 1.38 bits per heavy atom. The molecule has 1 N–H and O–H groups in total. The van der Waals surface area contributed by atoms with E-state index >= 15 is 0 Å². The summed E-state index contributed by atoms with van der Waals surface area (Å²) in [5, 5.41) is 14.8. The van der Waals surface area contributed by atoms with Gasteiger partial charge < -0.3 is 9.53 Å². The molecule has 1 aromatic heterocycles. The van der Waals surface area contributed by atoms with Gasteiger partial charge in [0.25, 0.3) is 8.32 Å². The lowest BCUT2D eigenvalue weighted by Gasteiger charge is -2.43. The van der Waals surface area contributed by atoms with Crippen LogP contribution in [0.5, 0.6) is 0 Å². The summed E-state index contributed by atoms with van der Waals surface area (Å²) in [6, 6.07) is 29.9. The van der Waals surface area contributed by atoms with Gasteiger partial charge in [-0.25, -0.2) is 0 Å². The minimum absolute atomic E-state index is 0.0146. The van der Waals surface area contributed by atoms with E-state index in [0.717, 1.165) is 35.9 Å². The van der Waals surface area contributed by atoms with Crippen molar-refractivity contribution in [2.75, 3.05) is 6.61 Å². The highest BCUT2D eigenvalue weighted by molar-refractivity contribution is 6.99. The van der Waals surface area contributed by atoms with Crippen LogP contribution in [0.1, 0.15) is 44.9 Å². The molecular formula is C30H35NO2Si. The average molecular weight is 470 g/mol. The summed E-state index contributed by atoms with van der Waals surface area (Å²) in [6.45, 7) is 7.62. The zero-order valence-electron chi connectivity index (χ0n) is 20.5. The fourth-order valence-electron chi connectivity index (χ4n) is 5.07. The molecule has 176 valence electrons. The van der Waals surface area contributed by atoms with Crippen molar-refractivity contribution >= 4 is 29.5 Å². The highest BCUT2D eigenvalue weighted by atomic mass is 28.4. The molecule has 0 spiro atoms. The number of hydrogen-bond donors (Lipinski definition) is 1. The smallest absolute Gasteiger partial charge is 0.261 e. The number of benzene rings is 3. The molecular weight excluding hydrogens is 434 g/mol. The van der Waals surface area contributed by atoms with Gasteiger partial charge in [-0.15, -0.1) is 0 Å². The lowest BCUT2D eigenvalue weighted by Crippen LogP contribution is -2.66. The van der Waals surface area contributed by atoms with Crippen LogP contribution in [0.15, 0.2) is 91.1 Å². The van der Waals surface area contributed by atoms with Gasteiger partial charge in [-0.3, -0.25) is 4.98 Å². The Kier molecular flexibility index (Phi) is 7.62. The Morgan fingerprint density at radius 3 is 1.97 bits per heavy atom. The van der Waals surface area contributed by atoms with Crippen molar-refractivity contribution < 1.29 is 9.53 Å². The number of aromatic nitrogens is 1. The van der Waals surface area contributed by atoms with Gasteiger partial charge in [0.05, 0.1) is 12.3 Å². The van der Waals surface area contributed by atoms with Gasteiger partial charge in [0.2, 0.25) is 0 Å². The molecule has 0 atom stereocenters. The molecule has 4 heteroatoms. The number of aliphatic hydroxyl groups excluding tert-OH is 1. The molecule has 3 aromatic carbocycles. The van der Waals surface area contributed by atoms with Gasteiger partial charge in [-0.2, -0.15) is 0 Å². The summed E-state index contributed by atoms with van der Waals surface area (Å²) in [7, 11) is -2.49. The van der Waals surface area contributed by atoms with Crippen molar-refractivity contribution in [1.29, 1.82) is 0 Å². The summed E-state index contributed by atoms with van der Waals surface area (Å²) in [6.07, 6.45) is 4.68. The van der Waals surface area contributed by atoms with E-state index in [1.54, 1.807) is 0 Å². The van der Waals surface area contributed by atoms with Crippen LogP contribution in [-0.2, 0) is 17.5 Å². The molecule has 0 radical (unpaired) electrons. The Hall–Kier alpha value is -2.79. The Balaban J connectivity index is 1.55. The number of nitrogens with zero attached hydrogens (tertiary/aromatic N) is 1. The second-order valence-corrected chi connectivity index (χ2v) is 14.2. The van der Waals surface area contributed by atoms with E-state index in [-0.39, 0.29) is 11.6 Å². The predicted octanol–water partition coefficient (Wildman–Crippen LogP) is 5.63. The van der Waals surface area contributed by atoms with Crippen LogP contribution in [0.25, 0.3) is 10.8 Å². The SMILES string of the molecule is CC(C)(C)[Si](OCCCCc1c(CO)ncc2ccccc12)(c1ccccc1)c1ccccc1. The van der Waals surface area contributed by atoms with E-state index in [1.807, 2.05) is 12.3 Å². The molecule has 0 bridgehead atoms. The molecule has 34 heavy (non-hydrogen) atoms. The third-order valence-electron chi connectivity index (χ3n) is 6.70. The number of hydrogen-bond acceptors (Lipinski definition) is 3. The van der Waals surface area contributed by atoms with Crippen LogP contribution in [0.3, 0.4) is 0 Å². The topological polar surface area (TPSA) is 42.4 Å². The lowest BCUT2D eigenvalue weighted by atomic mass is 10.00. The summed E-state index contributed by atoms with van der Waals surface area (Å²) in [4.78, 5) is 4.50. The normalized spacial score (nSPS) is 12.2. The van der Waals surface area contributed by atoms with Crippen molar-refractivity contribution in [3.8, 4) is 0 Å². The Labute approximate surface area is 204 Å². The number of fused-ring (bicyclic) bond motifs is 1. The number of aliphatic hydroxyl groups is 1. The second-order valence-electron chi connectivity index (χ2n) is 9.90. The van der Waals surface area contributed by atoms with Crippen molar-refractivity contribution in [2.24, 2.45) is 0 Å². The zero-order valence-corrected chi connectivity index (χ0v) is 21.5. The molecule has 0 unspecified atom stereocenters. The lowest BCUT2D eigenvalue weighted by molar-refractivity contribution is 0.274. The second kappa shape index (κ2) is 10.6. The first kappa shape index (κ1) is 24.3. The van der Waals surface area contributed by atoms with Crippen molar-refractivity contribution in [3.05, 3.63) is 102 Å². The van der Waals surface area contributed by atoms with Gasteiger partial charge in [-0.1, -0.05) is 106 Å². The van der Waals surface area contributed by atoms with E-state index < -0.39 is 8.32 Å². The quantitative estimate of drug-likeness (QED) is 0.255. The Morgan fingerprint density at radius 1 is 0.794 bits per heavy atom. The fourth-order valence-corrected chi connectivity index (χ4v) is 9.68. The highest BCUT2D eigenvalue weighted by Gasteiger charge is 2.49. The van der Waals surface area contributed by atoms with Crippen molar-refractivity contribution in [2.45, 2.75) is 51.7 Å². The van der Waals surface area contributed by atoms with Crippen LogP contribution in [0.2, 0.25) is 5.04 Å². The summed E-state index contributed by atoms with van der Waals surface area (Å²) < 4.78 is 7.02. The third kappa shape index (κ3) is 4.85. The molecule has 1 heterocycles. The maximum Gasteiger partial charge on any atom is 0.261 e. The maximum atomic E-state index is 9.85. The monoisotopic (exact) mass is 469 g/mol. The average Bonchev–Trinajstić information content (AvgIpc) is 2.86. The number of aryl methyl sites for hydroxylation is 1. The molecule has 0 aliphatic carbocycles. The van der Waals surface area contributed by atoms with Crippen LogP contribution in [0.4, 0.5) is 0 Å². The molecule has 0 aliphatic rings. The van der Waals surface area contributed by atoms with Crippen LogP contribution < -0.4 is 10.4 Å². The maximum absolute atomic E-state index is 9.85. The van der Waals surface area contributed by atoms with Crippen molar-refractivity contribution in [1.82, 2.24) is 4.98 Å². The molecule has 0 aliphatic heterocycles. The largest absolute Gasteiger partial charge is 0.407 e. The van der Waals surface area contributed by atoms with E-state index in [4.69, 9.17) is 4.43 Å². The predicted molar refractivity (Wildman–Crippen MR) is 144 cm³/mol. The van der Waals surface area contributed by atoms with Gasteiger partial charge in [-0.05, 0) is 45.6 Å². The van der Waals surface area contributed by atoms with Crippen molar-refractivity contribution in [3.63, 3.8) is 0 Å². The molecule has 0 amide bonds. The first-order valence-electron chi connectivity index (χ1n) is 12.2. The molecule has 0 fully saturated rings. The molecule has 4 aromatic rings. The van der Waals surface area contributed by atoms with Gasteiger partial charge in [0, 0.05) is 18.2 Å². The van der Waals surface area contributed by atoms with Crippen LogP contribution in [0, 0.1) is 0 Å². The van der Waals surface area contributed by atoms with E-state index in [9.17, 15) is 5.11 Å². The molecule has 3 nitrogen and oxygen atoms in total. The molecule has 4 rings (SSSR count). The first-order chi connectivity index (χ1) is 16.5. The van der Waals surface area contributed by atoms with E-state index in [2.05, 4.69) is 105 Å². The molecule has 0 saturated heterocycles. The number of pyridine rings is 1. The van der Waals surface area contributed by atoms with Crippen LogP contribution >= 0.6 is 0 Å². The van der Waals surface area contributed by atoms with Gasteiger partial charge in [0.1, 0.15) is 0 Å². The highest BCUT2D eigenvalue weighted by Crippen LogP contribution is 2.37. The summed E-state index contributed by atoms with van der Waals surface area (Å²) >= 11 is 0. The number of rotatable bonds is 9.